The second kappa shape index (κ2) is 16.7. The third-order valence-electron chi connectivity index (χ3n) is 10.00. The van der Waals surface area contributed by atoms with Crippen molar-refractivity contribution in [2.24, 2.45) is 0 Å². The Bertz CT molecular complexity index is 2690. The molecule has 5 aromatic heterocycles. The second-order valence-corrected chi connectivity index (χ2v) is 19.8. The Morgan fingerprint density at radius 1 is 0.839 bits per heavy atom. The van der Waals surface area contributed by atoms with Gasteiger partial charge in [0.25, 0.3) is 11.8 Å². The molecule has 4 aliphatic heterocycles. The number of anilines is 2. The number of hydrogen-bond donors (Lipinski definition) is 4. The molecule has 0 aromatic carbocycles. The van der Waals surface area contributed by atoms with Gasteiger partial charge in [-0.25, -0.2) is 47.8 Å². The molecule has 62 heavy (non-hydrogen) atoms. The summed E-state index contributed by atoms with van der Waals surface area (Å²) >= 11 is 8.07. The molecule has 0 radical (unpaired) electrons. The third kappa shape index (κ3) is 8.36. The van der Waals surface area contributed by atoms with Crippen molar-refractivity contribution in [3.05, 3.63) is 49.4 Å². The number of nitrogens with zero attached hydrogens (tertiary/aromatic N) is 12. The average molecular weight is 941 g/mol. The molecule has 0 unspecified atom stereocenters. The van der Waals surface area contributed by atoms with Crippen LogP contribution in [0.25, 0.3) is 22.3 Å². The van der Waals surface area contributed by atoms with E-state index in [9.17, 15) is 23.5 Å². The van der Waals surface area contributed by atoms with E-state index in [-0.39, 0.29) is 53.5 Å². The Kier molecular flexibility index (Phi) is 11.4. The molecule has 3 N–H and O–H groups in total. The van der Waals surface area contributed by atoms with E-state index < -0.39 is 93.7 Å². The van der Waals surface area contributed by atoms with Crippen LogP contribution in [0.5, 0.6) is 0 Å². The Labute approximate surface area is 356 Å². The first-order valence-electron chi connectivity index (χ1n) is 18.4. The van der Waals surface area contributed by atoms with Crippen molar-refractivity contribution in [1.29, 1.82) is 0 Å². The minimum Gasteiger partial charge on any atom is -0.382 e. The smallest absolute Gasteiger partial charge is 0.382 e. The van der Waals surface area contributed by atoms with E-state index in [0.717, 1.165) is 17.6 Å². The molecule has 3 amide bonds. The number of nitrogens with two attached hydrogens (primary N) is 1. The lowest BCUT2D eigenvalue weighted by molar-refractivity contribution is -0.137. The molecular formula is C31H32F2N14O11P2S2. The number of nitrogen functional groups attached to an aromatic ring is 1. The summed E-state index contributed by atoms with van der Waals surface area (Å²) in [5.74, 6) is -1.33. The van der Waals surface area contributed by atoms with E-state index in [2.05, 4.69) is 70.0 Å². The number of halogens is 2. The molecule has 4 aliphatic rings. The molecular weight excluding hydrogens is 909 g/mol. The van der Waals surface area contributed by atoms with Gasteiger partial charge in [0, 0.05) is 25.1 Å². The molecule has 10 atom stereocenters. The Balaban J connectivity index is 0.859. The molecule has 25 nitrogen and oxygen atoms in total. The summed E-state index contributed by atoms with van der Waals surface area (Å²) in [6.45, 7) is -10.2. The predicted octanol–water partition coefficient (Wildman–Crippen LogP) is 2.05. The zero-order chi connectivity index (χ0) is 43.5. The number of rotatable bonds is 9. The maximum absolute atomic E-state index is 16.5. The fourth-order valence-corrected chi connectivity index (χ4v) is 10.1. The van der Waals surface area contributed by atoms with Crippen LogP contribution in [-0.4, -0.2) is 127 Å². The molecule has 0 saturated carbocycles. The largest absolute Gasteiger partial charge is 0.386 e. The third-order valence-corrected chi connectivity index (χ3v) is 13.2. The van der Waals surface area contributed by atoms with Crippen LogP contribution in [0.2, 0.25) is 0 Å². The van der Waals surface area contributed by atoms with Crippen molar-refractivity contribution in [2.75, 3.05) is 24.3 Å². The monoisotopic (exact) mass is 940 g/mol. The number of imidazole rings is 2. The number of nitrogens with one attached hydrogen (secondary N) is 1. The number of carbonyl (C=O) groups is 3. The van der Waals surface area contributed by atoms with Crippen molar-refractivity contribution < 1.29 is 59.9 Å². The summed E-state index contributed by atoms with van der Waals surface area (Å²) in [6.07, 6.45) is -4.74. The number of alkyl halides is 2. The van der Waals surface area contributed by atoms with Crippen molar-refractivity contribution in [2.45, 2.75) is 75.1 Å². The standard InChI is InChI=1S/C31H32F2N14O11P2S2/c32-20-24-15(55-30(20)46-12-39-22-26(34)35-10-37-28(22)46)8-53-60(52,62)58-25-16(9-54-59(51,61)57-24)56-31(21(25)33)47-13-40-23-27(36-11-38-29(23)47)41-17(48)2-1-5-44-6-14(42-43-44)7-45-18(49)3-4-19(45)50/h3-4,6,10-13,15-16,20-21,24-25,30-31H,1-2,5,7-9H2,(H,51,61)(H,52,62)(H2,34,35,37)(H,36,38,41,48)/t15-,16-,20-,21-,24-,25-,30-,31-,59-,60-/m1/s1. The van der Waals surface area contributed by atoms with Gasteiger partial charge in [0.2, 0.25) is 5.91 Å². The van der Waals surface area contributed by atoms with E-state index in [0.29, 0.717) is 12.1 Å². The van der Waals surface area contributed by atoms with Gasteiger partial charge in [-0.15, -0.1) is 5.10 Å². The van der Waals surface area contributed by atoms with Crippen molar-refractivity contribution >= 4 is 89.8 Å². The molecule has 3 fully saturated rings. The Morgan fingerprint density at radius 3 is 2.02 bits per heavy atom. The molecule has 328 valence electrons. The number of fused-ring (bicyclic) bond motifs is 4. The van der Waals surface area contributed by atoms with Gasteiger partial charge in [-0.05, 0) is 6.42 Å². The topological polar surface area (TPSA) is 300 Å². The second-order valence-electron chi connectivity index (χ2n) is 14.0. The molecule has 9 rings (SSSR count). The minimum atomic E-state index is -4.51. The van der Waals surface area contributed by atoms with Crippen LogP contribution >= 0.6 is 38.1 Å². The van der Waals surface area contributed by atoms with E-state index in [4.69, 9.17) is 33.3 Å². The van der Waals surface area contributed by atoms with Crippen LogP contribution < -0.4 is 11.1 Å². The van der Waals surface area contributed by atoms with Gasteiger partial charge in [0.15, 0.2) is 53.2 Å². The first-order chi connectivity index (χ1) is 29.6. The molecule has 0 bridgehead atoms. The number of thiol groups is 2. The summed E-state index contributed by atoms with van der Waals surface area (Å²) < 4.78 is 97.6. The summed E-state index contributed by atoms with van der Waals surface area (Å²) in [5.41, 5.74) is 6.61. The number of carbonyl (C=O) groups excluding carboxylic acids is 3. The molecule has 9 heterocycles. The lowest BCUT2D eigenvalue weighted by Crippen LogP contribution is -2.36. The highest BCUT2D eigenvalue weighted by molar-refractivity contribution is 8.44. The van der Waals surface area contributed by atoms with Crippen LogP contribution in [0.3, 0.4) is 0 Å². The quantitative estimate of drug-likeness (QED) is 0.0934. The van der Waals surface area contributed by atoms with Crippen molar-refractivity contribution in [1.82, 2.24) is 58.9 Å². The van der Waals surface area contributed by atoms with E-state index in [1.54, 1.807) is 6.20 Å². The number of amides is 3. The maximum Gasteiger partial charge on any atom is 0.386 e. The Morgan fingerprint density at radius 2 is 1.40 bits per heavy atom. The van der Waals surface area contributed by atoms with E-state index in [1.165, 1.54) is 38.6 Å². The van der Waals surface area contributed by atoms with Gasteiger partial charge in [0.1, 0.15) is 48.3 Å². The summed E-state index contributed by atoms with van der Waals surface area (Å²) in [6, 6.07) is 0. The molecule has 0 spiro atoms. The maximum atomic E-state index is 16.5. The lowest BCUT2D eigenvalue weighted by Gasteiger charge is -2.28. The van der Waals surface area contributed by atoms with Gasteiger partial charge in [-0.1, -0.05) is 29.7 Å². The van der Waals surface area contributed by atoms with Crippen LogP contribution in [0.4, 0.5) is 20.4 Å². The summed E-state index contributed by atoms with van der Waals surface area (Å²) in [7, 11) is 0. The predicted molar refractivity (Wildman–Crippen MR) is 210 cm³/mol. The van der Waals surface area contributed by atoms with Gasteiger partial charge >= 0.3 is 13.6 Å². The minimum absolute atomic E-state index is 0.00366. The highest BCUT2D eigenvalue weighted by Crippen LogP contribution is 2.60. The van der Waals surface area contributed by atoms with Crippen molar-refractivity contribution in [3.63, 3.8) is 0 Å². The van der Waals surface area contributed by atoms with Gasteiger partial charge < -0.3 is 20.5 Å². The first-order valence-corrected chi connectivity index (χ1v) is 23.8. The lowest BCUT2D eigenvalue weighted by atomic mass is 10.1. The first kappa shape index (κ1) is 42.5. The Hall–Kier alpha value is -4.83. The van der Waals surface area contributed by atoms with Crippen LogP contribution in [0.15, 0.2) is 43.7 Å². The SMILES string of the molecule is Nc1ncnc2c1ncn2[C@@H]1O[C@@H]2CO[P@@](=O)(S)O[C@H]3[C@@H](F)[C@H](n4cnc5c(NC(=O)CCCn6cc(CN7C(=O)C=CC7=O)nn6)ncnc54)O[C@@H]3CO[P@@](=O)(S)O[C@H]2[C@H]1F. The van der Waals surface area contributed by atoms with Crippen LogP contribution in [0.1, 0.15) is 31.0 Å². The number of hydrogen-bond acceptors (Lipinski definition) is 20. The summed E-state index contributed by atoms with van der Waals surface area (Å²) in [4.78, 5) is 62.3. The zero-order valence-electron chi connectivity index (χ0n) is 31.4. The molecule has 0 aliphatic carbocycles. The number of imide groups is 1. The fourth-order valence-electron chi connectivity index (χ4n) is 7.11. The number of aromatic nitrogens is 11. The fraction of sp³-hybridized carbons (Fsp3) is 0.452. The number of aryl methyl sites for hydroxylation is 1. The molecule has 31 heteroatoms. The molecule has 5 aromatic rings. The van der Waals surface area contributed by atoms with Gasteiger partial charge in [-0.2, -0.15) is 0 Å². The van der Waals surface area contributed by atoms with E-state index >= 15 is 8.78 Å². The van der Waals surface area contributed by atoms with Gasteiger partial charge in [-0.3, -0.25) is 51.2 Å². The highest BCUT2D eigenvalue weighted by atomic mass is 32.7. The van der Waals surface area contributed by atoms with Gasteiger partial charge in [0.05, 0.1) is 38.6 Å². The van der Waals surface area contributed by atoms with Crippen LogP contribution in [0, 0.1) is 0 Å². The number of ether oxygens (including phenoxy) is 2. The molecule has 3 saturated heterocycles. The van der Waals surface area contributed by atoms with Crippen LogP contribution in [-0.2, 0) is 64.2 Å². The van der Waals surface area contributed by atoms with Crippen molar-refractivity contribution in [3.8, 4) is 0 Å². The zero-order valence-corrected chi connectivity index (χ0v) is 35.0. The highest BCUT2D eigenvalue weighted by Gasteiger charge is 2.54. The average Bonchev–Trinajstić information content (AvgIpc) is 4.09. The normalized spacial score (nSPS) is 31.6. The summed E-state index contributed by atoms with van der Waals surface area (Å²) in [5, 5.41) is 10.6. The van der Waals surface area contributed by atoms with E-state index in [1.807, 2.05) is 0 Å².